The van der Waals surface area contributed by atoms with Gasteiger partial charge < -0.3 is 5.73 Å². The van der Waals surface area contributed by atoms with Gasteiger partial charge in [-0.05, 0) is 24.6 Å². The molecule has 8 heteroatoms. The number of rotatable bonds is 5. The smallest absolute Gasteiger partial charge is 0.248 e. The topological polar surface area (TPSA) is 81.2 Å². The Kier molecular flexibility index (Phi) is 4.29. The maximum absolute atomic E-state index is 13.1. The Morgan fingerprint density at radius 3 is 2.71 bits per heavy atom. The van der Waals surface area contributed by atoms with Gasteiger partial charge in [-0.3, -0.25) is 4.68 Å². The minimum Gasteiger partial charge on any atom is -0.381 e. The molecule has 6 nitrogen and oxygen atoms in total. The van der Waals surface area contributed by atoms with Crippen molar-refractivity contribution in [3.8, 4) is 0 Å². The predicted molar refractivity (Wildman–Crippen MR) is 77.4 cm³/mol. The van der Waals surface area contributed by atoms with Gasteiger partial charge in [-0.25, -0.2) is 12.8 Å². The molecule has 0 aliphatic carbocycles. The highest BCUT2D eigenvalue weighted by molar-refractivity contribution is 7.89. The lowest BCUT2D eigenvalue weighted by atomic mass is 10.2. The summed E-state index contributed by atoms with van der Waals surface area (Å²) in [6, 6.07) is 5.80. The van der Waals surface area contributed by atoms with Crippen molar-refractivity contribution in [2.24, 2.45) is 0 Å². The van der Waals surface area contributed by atoms with E-state index >= 15 is 0 Å². The second kappa shape index (κ2) is 5.82. The van der Waals surface area contributed by atoms with Gasteiger partial charge in [0.15, 0.2) is 5.82 Å². The lowest BCUT2D eigenvalue weighted by Crippen LogP contribution is -2.26. The van der Waals surface area contributed by atoms with E-state index in [0.29, 0.717) is 12.1 Å². The molecule has 1 aromatic carbocycles. The molecule has 0 atom stereocenters. The molecule has 2 rings (SSSR count). The van der Waals surface area contributed by atoms with Crippen LogP contribution in [0, 0.1) is 5.82 Å². The first-order valence-electron chi connectivity index (χ1n) is 6.38. The molecule has 0 aliphatic rings. The molecule has 0 amide bonds. The molecule has 0 saturated heterocycles. The van der Waals surface area contributed by atoms with Crippen molar-refractivity contribution in [1.82, 2.24) is 14.1 Å². The van der Waals surface area contributed by atoms with Crippen LogP contribution in [0.1, 0.15) is 12.5 Å². The molecule has 1 heterocycles. The van der Waals surface area contributed by atoms with Crippen LogP contribution >= 0.6 is 0 Å². The Labute approximate surface area is 123 Å². The Hall–Kier alpha value is -1.93. The average molecular weight is 312 g/mol. The number of aromatic nitrogens is 2. The Bertz CT molecular complexity index is 742. The molecule has 21 heavy (non-hydrogen) atoms. The Morgan fingerprint density at radius 2 is 2.14 bits per heavy atom. The van der Waals surface area contributed by atoms with E-state index in [1.807, 2.05) is 6.92 Å². The number of halogens is 1. The predicted octanol–water partition coefficient (Wildman–Crippen LogP) is 1.44. The van der Waals surface area contributed by atoms with Crippen LogP contribution in [0.2, 0.25) is 0 Å². The molecule has 0 fully saturated rings. The summed E-state index contributed by atoms with van der Waals surface area (Å²) < 4.78 is 40.7. The number of sulfonamides is 1. The van der Waals surface area contributed by atoms with Gasteiger partial charge in [0.2, 0.25) is 10.0 Å². The summed E-state index contributed by atoms with van der Waals surface area (Å²) in [6.07, 6.45) is 1.40. The van der Waals surface area contributed by atoms with E-state index in [1.165, 1.54) is 36.1 Å². The second-order valence-electron chi connectivity index (χ2n) is 4.63. The zero-order valence-corrected chi connectivity index (χ0v) is 12.6. The quantitative estimate of drug-likeness (QED) is 0.906. The molecule has 2 N–H and O–H groups in total. The first-order chi connectivity index (χ1) is 9.84. The van der Waals surface area contributed by atoms with Crippen LogP contribution in [0.5, 0.6) is 0 Å². The summed E-state index contributed by atoms with van der Waals surface area (Å²) >= 11 is 0. The first-order valence-corrected chi connectivity index (χ1v) is 7.82. The Balaban J connectivity index is 2.28. The number of hydrogen-bond acceptors (Lipinski definition) is 4. The SMILES string of the molecule is CCn1cc(S(=O)(=O)N(C)Cc2cccc(F)c2)c(N)n1. The third-order valence-corrected chi connectivity index (χ3v) is 4.88. The highest BCUT2D eigenvalue weighted by Gasteiger charge is 2.26. The number of aryl methyl sites for hydroxylation is 1. The zero-order chi connectivity index (χ0) is 15.6. The van der Waals surface area contributed by atoms with Gasteiger partial charge in [0.1, 0.15) is 10.7 Å². The van der Waals surface area contributed by atoms with Crippen LogP contribution in [0.4, 0.5) is 10.2 Å². The first kappa shape index (κ1) is 15.5. The van der Waals surface area contributed by atoms with Gasteiger partial charge in [-0.2, -0.15) is 9.40 Å². The van der Waals surface area contributed by atoms with E-state index in [-0.39, 0.29) is 17.3 Å². The van der Waals surface area contributed by atoms with E-state index < -0.39 is 15.8 Å². The van der Waals surface area contributed by atoms with Crippen LogP contribution in [0.25, 0.3) is 0 Å². The summed E-state index contributed by atoms with van der Waals surface area (Å²) in [5.41, 5.74) is 6.22. The molecule has 0 spiro atoms. The van der Waals surface area contributed by atoms with Crippen molar-refractivity contribution < 1.29 is 12.8 Å². The van der Waals surface area contributed by atoms with Crippen molar-refractivity contribution in [1.29, 1.82) is 0 Å². The van der Waals surface area contributed by atoms with Crippen LogP contribution in [0.15, 0.2) is 35.4 Å². The Morgan fingerprint density at radius 1 is 1.43 bits per heavy atom. The molecule has 1 aromatic heterocycles. The van der Waals surface area contributed by atoms with Crippen molar-refractivity contribution in [2.45, 2.75) is 24.9 Å². The van der Waals surface area contributed by atoms with Crippen molar-refractivity contribution in [3.05, 3.63) is 41.8 Å². The van der Waals surface area contributed by atoms with Gasteiger partial charge in [0.05, 0.1) is 0 Å². The lowest BCUT2D eigenvalue weighted by Gasteiger charge is -2.16. The number of nitrogens with two attached hydrogens (primary N) is 1. The largest absolute Gasteiger partial charge is 0.381 e. The third-order valence-electron chi connectivity index (χ3n) is 3.06. The van der Waals surface area contributed by atoms with Crippen LogP contribution < -0.4 is 5.73 Å². The molecule has 0 radical (unpaired) electrons. The van der Waals surface area contributed by atoms with Gasteiger partial charge >= 0.3 is 0 Å². The van der Waals surface area contributed by atoms with Crippen molar-refractivity contribution >= 4 is 15.8 Å². The normalized spacial score (nSPS) is 12.0. The third kappa shape index (κ3) is 3.22. The number of anilines is 1. The number of benzene rings is 1. The summed E-state index contributed by atoms with van der Waals surface area (Å²) in [5.74, 6) is -0.445. The summed E-state index contributed by atoms with van der Waals surface area (Å²) in [4.78, 5) is -0.0387. The molecule has 0 saturated carbocycles. The molecular weight excluding hydrogens is 295 g/mol. The van der Waals surface area contributed by atoms with E-state index in [2.05, 4.69) is 5.10 Å². The monoisotopic (exact) mass is 312 g/mol. The molecule has 0 bridgehead atoms. The minimum absolute atomic E-state index is 0.0387. The summed E-state index contributed by atoms with van der Waals surface area (Å²) in [6.45, 7) is 2.41. The zero-order valence-electron chi connectivity index (χ0n) is 11.8. The molecule has 2 aromatic rings. The highest BCUT2D eigenvalue weighted by Crippen LogP contribution is 2.21. The van der Waals surface area contributed by atoms with E-state index in [1.54, 1.807) is 6.07 Å². The molecule has 0 aliphatic heterocycles. The maximum Gasteiger partial charge on any atom is 0.248 e. The average Bonchev–Trinajstić information content (AvgIpc) is 2.80. The maximum atomic E-state index is 13.1. The van der Waals surface area contributed by atoms with E-state index in [9.17, 15) is 12.8 Å². The molecule has 0 unspecified atom stereocenters. The standard InChI is InChI=1S/C13H17FN4O2S/c1-3-18-9-12(13(15)16-18)21(19,20)17(2)8-10-5-4-6-11(14)7-10/h4-7,9H,3,8H2,1-2H3,(H2,15,16). The van der Waals surface area contributed by atoms with Gasteiger partial charge in [0, 0.05) is 26.3 Å². The number of nitrogen functional groups attached to an aromatic ring is 1. The summed E-state index contributed by atoms with van der Waals surface area (Å²) in [5, 5.41) is 3.93. The van der Waals surface area contributed by atoms with Crippen molar-refractivity contribution in [3.63, 3.8) is 0 Å². The van der Waals surface area contributed by atoms with Gasteiger partial charge in [-0.1, -0.05) is 12.1 Å². The minimum atomic E-state index is -3.77. The second-order valence-corrected chi connectivity index (χ2v) is 6.64. The number of nitrogens with zero attached hydrogens (tertiary/aromatic N) is 3. The fraction of sp³-hybridized carbons (Fsp3) is 0.308. The van der Waals surface area contributed by atoms with Crippen LogP contribution in [-0.4, -0.2) is 29.6 Å². The summed E-state index contributed by atoms with van der Waals surface area (Å²) in [7, 11) is -2.35. The van der Waals surface area contributed by atoms with E-state index in [0.717, 1.165) is 4.31 Å². The van der Waals surface area contributed by atoms with Gasteiger partial charge in [0.25, 0.3) is 0 Å². The van der Waals surface area contributed by atoms with E-state index in [4.69, 9.17) is 5.73 Å². The fourth-order valence-corrected chi connectivity index (χ4v) is 3.14. The highest BCUT2D eigenvalue weighted by atomic mass is 32.2. The van der Waals surface area contributed by atoms with Gasteiger partial charge in [-0.15, -0.1) is 0 Å². The molecule has 114 valence electrons. The lowest BCUT2D eigenvalue weighted by molar-refractivity contribution is 0.465. The molecular formula is C13H17FN4O2S. The van der Waals surface area contributed by atoms with Crippen molar-refractivity contribution in [2.75, 3.05) is 12.8 Å². The number of hydrogen-bond donors (Lipinski definition) is 1. The van der Waals surface area contributed by atoms with Crippen LogP contribution in [0.3, 0.4) is 0 Å². The van der Waals surface area contributed by atoms with Crippen LogP contribution in [-0.2, 0) is 23.1 Å². The fourth-order valence-electron chi connectivity index (χ4n) is 1.92.